The first-order valence-corrected chi connectivity index (χ1v) is 13.3. The molecule has 3 heterocycles. The van der Waals surface area contributed by atoms with E-state index >= 15 is 0 Å². The number of anilines is 2. The Bertz CT molecular complexity index is 1010. The molecule has 174 valence electrons. The lowest BCUT2D eigenvalue weighted by Crippen LogP contribution is -2.40. The largest absolute Gasteiger partial charge is 0.379 e. The maximum absolute atomic E-state index is 13.1. The summed E-state index contributed by atoms with van der Waals surface area (Å²) in [7, 11) is -3.65. The molecule has 0 aliphatic carbocycles. The van der Waals surface area contributed by atoms with Crippen molar-refractivity contribution in [2.75, 3.05) is 56.2 Å². The van der Waals surface area contributed by atoms with E-state index < -0.39 is 10.0 Å². The number of hydrogen-bond acceptors (Lipinski definition) is 7. The third-order valence-corrected chi connectivity index (χ3v) is 8.79. The Kier molecular flexibility index (Phi) is 7.47. The number of amides is 1. The summed E-state index contributed by atoms with van der Waals surface area (Å²) in [5.41, 5.74) is 1.40. The Morgan fingerprint density at radius 2 is 1.91 bits per heavy atom. The van der Waals surface area contributed by atoms with Gasteiger partial charge in [0.05, 0.1) is 36.0 Å². The topological polar surface area (TPSA) is 91.0 Å². The second kappa shape index (κ2) is 10.3. The normalized spacial score (nSPS) is 18.6. The first-order valence-electron chi connectivity index (χ1n) is 11.0. The number of rotatable bonds is 8. The standard InChI is InChI=1S/C22H30N4O4S2/c1-17(21-5-4-14-31-21)23-16-22(27)24-19-15-18(6-7-20(19)25-8-2-3-9-25)32(28,29)26-10-12-30-13-11-26/h4-7,14-15,17,23H,2-3,8-13,16H2,1H3,(H,24,27). The van der Waals surface area contributed by atoms with Crippen LogP contribution in [-0.4, -0.2) is 64.6 Å². The van der Waals surface area contributed by atoms with Crippen molar-refractivity contribution in [2.45, 2.75) is 30.7 Å². The Hall–Kier alpha value is -1.98. The molecule has 1 unspecified atom stereocenters. The van der Waals surface area contributed by atoms with Gasteiger partial charge in [0.1, 0.15) is 0 Å². The van der Waals surface area contributed by atoms with Crippen LogP contribution in [0.15, 0.2) is 40.6 Å². The van der Waals surface area contributed by atoms with Gasteiger partial charge in [0.15, 0.2) is 0 Å². The second-order valence-electron chi connectivity index (χ2n) is 8.06. The van der Waals surface area contributed by atoms with E-state index in [4.69, 9.17) is 4.74 Å². The van der Waals surface area contributed by atoms with Crippen LogP contribution in [0.3, 0.4) is 0 Å². The molecule has 0 saturated carbocycles. The van der Waals surface area contributed by atoms with E-state index in [1.54, 1.807) is 23.5 Å². The minimum Gasteiger partial charge on any atom is -0.379 e. The van der Waals surface area contributed by atoms with Crippen molar-refractivity contribution in [3.8, 4) is 0 Å². The van der Waals surface area contributed by atoms with E-state index in [0.29, 0.717) is 32.0 Å². The highest BCUT2D eigenvalue weighted by Gasteiger charge is 2.28. The van der Waals surface area contributed by atoms with Gasteiger partial charge >= 0.3 is 0 Å². The van der Waals surface area contributed by atoms with Gasteiger partial charge in [-0.2, -0.15) is 4.31 Å². The van der Waals surface area contributed by atoms with Gasteiger partial charge in [-0.1, -0.05) is 6.07 Å². The van der Waals surface area contributed by atoms with Crippen LogP contribution in [0.5, 0.6) is 0 Å². The van der Waals surface area contributed by atoms with Crippen LogP contribution < -0.4 is 15.5 Å². The van der Waals surface area contributed by atoms with Crippen LogP contribution >= 0.6 is 11.3 Å². The zero-order valence-electron chi connectivity index (χ0n) is 18.2. The zero-order valence-corrected chi connectivity index (χ0v) is 19.9. The summed E-state index contributed by atoms with van der Waals surface area (Å²) in [6, 6.07) is 9.14. The predicted octanol–water partition coefficient (Wildman–Crippen LogP) is 2.66. The van der Waals surface area contributed by atoms with Gasteiger partial charge in [-0.25, -0.2) is 8.42 Å². The van der Waals surface area contributed by atoms with Crippen LogP contribution in [0.1, 0.15) is 30.7 Å². The maximum atomic E-state index is 13.1. The highest BCUT2D eigenvalue weighted by Crippen LogP contribution is 2.32. The van der Waals surface area contributed by atoms with Crippen LogP contribution in [0.25, 0.3) is 0 Å². The average molecular weight is 479 g/mol. The van der Waals surface area contributed by atoms with Crippen LogP contribution in [0, 0.1) is 0 Å². The van der Waals surface area contributed by atoms with Gasteiger partial charge in [0.25, 0.3) is 0 Å². The molecule has 2 N–H and O–H groups in total. The molecular formula is C22H30N4O4S2. The van der Waals surface area contributed by atoms with E-state index in [1.807, 2.05) is 30.5 Å². The number of hydrogen-bond donors (Lipinski definition) is 2. The van der Waals surface area contributed by atoms with E-state index in [0.717, 1.165) is 36.5 Å². The second-order valence-corrected chi connectivity index (χ2v) is 11.0. The monoisotopic (exact) mass is 478 g/mol. The lowest BCUT2D eigenvalue weighted by Gasteiger charge is -2.27. The van der Waals surface area contributed by atoms with Gasteiger partial charge in [0, 0.05) is 37.1 Å². The van der Waals surface area contributed by atoms with Crippen LogP contribution in [0.4, 0.5) is 11.4 Å². The molecule has 1 atom stereocenters. The highest BCUT2D eigenvalue weighted by molar-refractivity contribution is 7.89. The minimum atomic E-state index is -3.65. The molecule has 1 amide bonds. The number of carbonyl (C=O) groups excluding carboxylic acids is 1. The SMILES string of the molecule is CC(NCC(=O)Nc1cc(S(=O)(=O)N2CCOCC2)ccc1N1CCCC1)c1cccs1. The average Bonchev–Trinajstić information content (AvgIpc) is 3.52. The minimum absolute atomic E-state index is 0.0619. The lowest BCUT2D eigenvalue weighted by atomic mass is 10.2. The highest BCUT2D eigenvalue weighted by atomic mass is 32.2. The number of nitrogens with zero attached hydrogens (tertiary/aromatic N) is 2. The molecule has 4 rings (SSSR count). The Labute approximate surface area is 193 Å². The number of sulfonamides is 1. The summed E-state index contributed by atoms with van der Waals surface area (Å²) < 4.78 is 33.0. The molecule has 0 radical (unpaired) electrons. The first kappa shape index (κ1) is 23.2. The molecule has 2 fully saturated rings. The van der Waals surface area contributed by atoms with Crippen LogP contribution in [-0.2, 0) is 19.6 Å². The third-order valence-electron chi connectivity index (χ3n) is 5.84. The van der Waals surface area contributed by atoms with E-state index in [-0.39, 0.29) is 23.4 Å². The molecule has 0 spiro atoms. The van der Waals surface area contributed by atoms with Gasteiger partial charge in [-0.3, -0.25) is 4.79 Å². The fourth-order valence-corrected chi connectivity index (χ4v) is 6.22. The van der Waals surface area contributed by atoms with Gasteiger partial charge < -0.3 is 20.3 Å². The van der Waals surface area contributed by atoms with Crippen molar-refractivity contribution in [1.29, 1.82) is 0 Å². The summed E-state index contributed by atoms with van der Waals surface area (Å²) in [6.45, 7) is 5.40. The van der Waals surface area contributed by atoms with Gasteiger partial charge in [0.2, 0.25) is 15.9 Å². The van der Waals surface area contributed by atoms with Crippen molar-refractivity contribution in [3.05, 3.63) is 40.6 Å². The molecule has 1 aromatic heterocycles. The fraction of sp³-hybridized carbons (Fsp3) is 0.500. The summed E-state index contributed by atoms with van der Waals surface area (Å²) in [4.78, 5) is 16.3. The Morgan fingerprint density at radius 1 is 1.16 bits per heavy atom. The summed E-state index contributed by atoms with van der Waals surface area (Å²) >= 11 is 1.64. The van der Waals surface area contributed by atoms with E-state index in [1.165, 1.54) is 4.31 Å². The molecule has 2 saturated heterocycles. The smallest absolute Gasteiger partial charge is 0.243 e. The molecule has 8 nitrogen and oxygen atoms in total. The number of thiophene rings is 1. The molecule has 2 aromatic rings. The Morgan fingerprint density at radius 3 is 2.59 bits per heavy atom. The number of morpholine rings is 1. The molecule has 2 aliphatic rings. The lowest BCUT2D eigenvalue weighted by molar-refractivity contribution is -0.115. The first-order chi connectivity index (χ1) is 15.4. The van der Waals surface area contributed by atoms with Crippen molar-refractivity contribution >= 4 is 38.6 Å². The summed E-state index contributed by atoms with van der Waals surface area (Å²) in [5, 5.41) is 8.20. The predicted molar refractivity (Wildman–Crippen MR) is 127 cm³/mol. The Balaban J connectivity index is 1.52. The number of nitrogens with one attached hydrogen (secondary N) is 2. The van der Waals surface area contributed by atoms with Gasteiger partial charge in [-0.05, 0) is 49.4 Å². The van der Waals surface area contributed by atoms with Crippen molar-refractivity contribution in [3.63, 3.8) is 0 Å². The van der Waals surface area contributed by atoms with Crippen molar-refractivity contribution < 1.29 is 17.9 Å². The van der Waals surface area contributed by atoms with E-state index in [2.05, 4.69) is 15.5 Å². The third kappa shape index (κ3) is 5.32. The molecule has 10 heteroatoms. The summed E-state index contributed by atoms with van der Waals surface area (Å²) in [6.07, 6.45) is 2.17. The fourth-order valence-electron chi connectivity index (χ4n) is 4.02. The molecule has 1 aromatic carbocycles. The molecular weight excluding hydrogens is 448 g/mol. The van der Waals surface area contributed by atoms with Crippen molar-refractivity contribution in [2.24, 2.45) is 0 Å². The zero-order chi connectivity index (χ0) is 22.6. The van der Waals surface area contributed by atoms with Gasteiger partial charge in [-0.15, -0.1) is 11.3 Å². The van der Waals surface area contributed by atoms with E-state index in [9.17, 15) is 13.2 Å². The molecule has 0 bridgehead atoms. The molecule has 32 heavy (non-hydrogen) atoms. The molecule has 2 aliphatic heterocycles. The number of carbonyl (C=O) groups is 1. The summed E-state index contributed by atoms with van der Waals surface area (Å²) in [5.74, 6) is -0.199. The van der Waals surface area contributed by atoms with Crippen LogP contribution in [0.2, 0.25) is 0 Å². The van der Waals surface area contributed by atoms with Crippen molar-refractivity contribution in [1.82, 2.24) is 9.62 Å². The number of ether oxygens (including phenoxy) is 1. The maximum Gasteiger partial charge on any atom is 0.243 e. The number of benzene rings is 1. The quantitative estimate of drug-likeness (QED) is 0.606.